The van der Waals surface area contributed by atoms with Crippen molar-refractivity contribution in [3.05, 3.63) is 98.2 Å². The molecular weight excluding hydrogens is 560 g/mol. The quantitative estimate of drug-likeness (QED) is 0.140. The molecule has 6 rings (SSSR count). The number of hydrogen-bond acceptors (Lipinski definition) is 6. The zero-order valence-corrected chi connectivity index (χ0v) is 24.9. The highest BCUT2D eigenvalue weighted by Crippen LogP contribution is 2.38. The van der Waals surface area contributed by atoms with Crippen LogP contribution < -0.4 is 21.7 Å². The van der Waals surface area contributed by atoms with Crippen molar-refractivity contribution in [2.45, 2.75) is 64.8 Å². The number of rotatable bonds is 9. The van der Waals surface area contributed by atoms with Crippen molar-refractivity contribution >= 4 is 50.5 Å². The number of nitrogens with one attached hydrogen (secondary N) is 3. The maximum atomic E-state index is 13.9. The lowest BCUT2D eigenvalue weighted by atomic mass is 9.95. The Hall–Kier alpha value is -4.57. The Morgan fingerprint density at radius 2 is 1.77 bits per heavy atom. The molecule has 1 aliphatic carbocycles. The third kappa shape index (κ3) is 5.62. The monoisotopic (exact) mass is 594 g/mol. The van der Waals surface area contributed by atoms with Crippen molar-refractivity contribution in [2.24, 2.45) is 0 Å². The van der Waals surface area contributed by atoms with Gasteiger partial charge in [0.2, 0.25) is 0 Å². The van der Waals surface area contributed by atoms with Crippen LogP contribution in [0.3, 0.4) is 0 Å². The molecule has 220 valence electrons. The summed E-state index contributed by atoms with van der Waals surface area (Å²) in [5.41, 5.74) is 2.76. The van der Waals surface area contributed by atoms with Crippen LogP contribution in [0.25, 0.3) is 16.7 Å². The summed E-state index contributed by atoms with van der Waals surface area (Å²) in [7, 11) is 0. The van der Waals surface area contributed by atoms with Crippen molar-refractivity contribution in [2.75, 3.05) is 10.6 Å². The summed E-state index contributed by atoms with van der Waals surface area (Å²) in [5.74, 6) is -0.801. The number of carbonyl (C=O) groups excluding carboxylic acids is 2. The van der Waals surface area contributed by atoms with E-state index < -0.39 is 5.91 Å². The second-order valence-electron chi connectivity index (χ2n) is 10.9. The zero-order valence-electron chi connectivity index (χ0n) is 24.1. The van der Waals surface area contributed by atoms with E-state index in [0.717, 1.165) is 61.8 Å². The molecule has 0 aliphatic heterocycles. The van der Waals surface area contributed by atoms with Gasteiger partial charge in [-0.05, 0) is 68.0 Å². The molecule has 1 aliphatic rings. The Morgan fingerprint density at radius 1 is 0.977 bits per heavy atom. The van der Waals surface area contributed by atoms with Crippen LogP contribution in [-0.2, 0) is 19.4 Å². The fraction of sp³-hybridized carbons (Fsp3) is 0.303. The minimum absolute atomic E-state index is 0.00899. The lowest BCUT2D eigenvalue weighted by Crippen LogP contribution is -2.32. The molecule has 0 bridgehead atoms. The third-order valence-corrected chi connectivity index (χ3v) is 9.16. The Bertz CT molecular complexity index is 1960. The molecule has 0 atom stereocenters. The minimum atomic E-state index is -0.529. The summed E-state index contributed by atoms with van der Waals surface area (Å²) in [6.07, 6.45) is 9.17. The molecular formula is C33H34N6O3S. The van der Waals surface area contributed by atoms with Gasteiger partial charge in [0.15, 0.2) is 0 Å². The number of thiophene rings is 1. The summed E-state index contributed by atoms with van der Waals surface area (Å²) in [6, 6.07) is 16.1. The van der Waals surface area contributed by atoms with Gasteiger partial charge in [0.25, 0.3) is 17.4 Å². The number of para-hydroxylation sites is 1. The topological polar surface area (TPSA) is 121 Å². The molecule has 10 heteroatoms. The van der Waals surface area contributed by atoms with Crippen LogP contribution >= 0.6 is 11.3 Å². The number of hydrogen-bond donors (Lipinski definition) is 3. The fourth-order valence-electron chi connectivity index (χ4n) is 5.75. The van der Waals surface area contributed by atoms with E-state index in [1.807, 2.05) is 36.4 Å². The van der Waals surface area contributed by atoms with Gasteiger partial charge in [0.1, 0.15) is 21.8 Å². The number of amides is 2. The standard InChI is InChI=1S/C33H34N6O3S/c1-2-3-4-11-19-39-28(34)23(20-24-29(39)36-26-17-10-12-18-38(26)33(24)42)30(40)37-32-27(22-15-8-9-16-25(22)43-32)31(41)35-21-13-6-5-7-14-21/h5-7,10,12-14,17-18,20,34H,2-4,8-9,11,15-16,19H2,1H3,(H,35,41)(H,37,40). The van der Waals surface area contributed by atoms with Crippen molar-refractivity contribution in [1.82, 2.24) is 14.0 Å². The van der Waals surface area contributed by atoms with Crippen molar-refractivity contribution in [3.63, 3.8) is 0 Å². The zero-order chi connectivity index (χ0) is 29.9. The molecule has 5 aromatic rings. The SMILES string of the molecule is CCCCCCn1c(=N)c(C(=O)Nc2sc3c(c2C(=O)Nc2ccccc2)CCCC3)cc2c(=O)n3ccccc3nc21. The molecule has 0 saturated carbocycles. The molecule has 9 nitrogen and oxygen atoms in total. The summed E-state index contributed by atoms with van der Waals surface area (Å²) < 4.78 is 3.13. The number of nitrogens with zero attached hydrogens (tertiary/aromatic N) is 3. The lowest BCUT2D eigenvalue weighted by molar-refractivity contribution is 0.102. The molecule has 0 spiro atoms. The van der Waals surface area contributed by atoms with Gasteiger partial charge in [-0.2, -0.15) is 0 Å². The number of pyridine rings is 2. The van der Waals surface area contributed by atoms with Crippen LogP contribution in [0.2, 0.25) is 0 Å². The first kappa shape index (κ1) is 28.5. The van der Waals surface area contributed by atoms with E-state index in [0.29, 0.717) is 34.1 Å². The summed E-state index contributed by atoms with van der Waals surface area (Å²) in [4.78, 5) is 46.9. The maximum absolute atomic E-state index is 13.9. The van der Waals surface area contributed by atoms with Crippen LogP contribution in [0.4, 0.5) is 10.7 Å². The van der Waals surface area contributed by atoms with Crippen LogP contribution in [-0.4, -0.2) is 25.8 Å². The summed E-state index contributed by atoms with van der Waals surface area (Å²) in [5, 5.41) is 15.8. The molecule has 4 aromatic heterocycles. The molecule has 3 N–H and O–H groups in total. The molecule has 0 radical (unpaired) electrons. The van der Waals surface area contributed by atoms with Crippen molar-refractivity contribution in [3.8, 4) is 0 Å². The number of unbranched alkanes of at least 4 members (excludes halogenated alkanes) is 3. The smallest absolute Gasteiger partial charge is 0.267 e. The highest BCUT2D eigenvalue weighted by molar-refractivity contribution is 7.17. The van der Waals surface area contributed by atoms with Gasteiger partial charge >= 0.3 is 0 Å². The van der Waals surface area contributed by atoms with E-state index in [1.54, 1.807) is 22.9 Å². The minimum Gasteiger partial charge on any atom is -0.322 e. The predicted molar refractivity (Wildman–Crippen MR) is 170 cm³/mol. The van der Waals surface area contributed by atoms with Crippen LogP contribution in [0.5, 0.6) is 0 Å². The van der Waals surface area contributed by atoms with Gasteiger partial charge < -0.3 is 15.2 Å². The summed E-state index contributed by atoms with van der Waals surface area (Å²) in [6.45, 7) is 2.60. The van der Waals surface area contributed by atoms with E-state index in [1.165, 1.54) is 21.8 Å². The number of fused-ring (bicyclic) bond motifs is 3. The fourth-order valence-corrected chi connectivity index (χ4v) is 7.04. The van der Waals surface area contributed by atoms with Gasteiger partial charge in [-0.1, -0.05) is 50.5 Å². The normalized spacial score (nSPS) is 12.8. The van der Waals surface area contributed by atoms with Gasteiger partial charge in [-0.15, -0.1) is 11.3 Å². The van der Waals surface area contributed by atoms with Gasteiger partial charge in [-0.25, -0.2) is 4.98 Å². The number of carbonyl (C=O) groups is 2. The summed E-state index contributed by atoms with van der Waals surface area (Å²) >= 11 is 1.42. The van der Waals surface area contributed by atoms with Gasteiger partial charge in [0.05, 0.1) is 16.5 Å². The number of benzene rings is 1. The van der Waals surface area contributed by atoms with Crippen molar-refractivity contribution in [1.29, 1.82) is 5.41 Å². The molecule has 2 amide bonds. The number of aryl methyl sites for hydroxylation is 2. The van der Waals surface area contributed by atoms with E-state index in [2.05, 4.69) is 17.6 Å². The largest absolute Gasteiger partial charge is 0.322 e. The average molecular weight is 595 g/mol. The molecule has 43 heavy (non-hydrogen) atoms. The Kier molecular flexibility index (Phi) is 8.20. The Balaban J connectivity index is 1.42. The second kappa shape index (κ2) is 12.3. The molecule has 0 fully saturated rings. The Morgan fingerprint density at radius 3 is 2.58 bits per heavy atom. The first-order valence-electron chi connectivity index (χ1n) is 14.9. The highest BCUT2D eigenvalue weighted by Gasteiger charge is 2.27. The molecule has 4 heterocycles. The number of aromatic nitrogens is 3. The maximum Gasteiger partial charge on any atom is 0.267 e. The lowest BCUT2D eigenvalue weighted by Gasteiger charge is -2.15. The first-order valence-corrected chi connectivity index (χ1v) is 15.7. The predicted octanol–water partition coefficient (Wildman–Crippen LogP) is 6.15. The van der Waals surface area contributed by atoms with Gasteiger partial charge in [-0.3, -0.25) is 24.2 Å². The number of anilines is 2. The van der Waals surface area contributed by atoms with Gasteiger partial charge in [0, 0.05) is 23.3 Å². The van der Waals surface area contributed by atoms with E-state index in [4.69, 9.17) is 10.4 Å². The van der Waals surface area contributed by atoms with E-state index in [9.17, 15) is 14.4 Å². The Labute approximate surface area is 252 Å². The molecule has 1 aromatic carbocycles. The molecule has 0 unspecified atom stereocenters. The van der Waals surface area contributed by atoms with E-state index >= 15 is 0 Å². The van der Waals surface area contributed by atoms with Crippen LogP contribution in [0, 0.1) is 5.41 Å². The second-order valence-corrected chi connectivity index (χ2v) is 12.0. The highest BCUT2D eigenvalue weighted by atomic mass is 32.1. The van der Waals surface area contributed by atoms with Crippen LogP contribution in [0.15, 0.2) is 65.6 Å². The van der Waals surface area contributed by atoms with Crippen molar-refractivity contribution < 1.29 is 9.59 Å². The molecule has 0 saturated heterocycles. The first-order chi connectivity index (χ1) is 21.0. The average Bonchev–Trinajstić information content (AvgIpc) is 3.38. The third-order valence-electron chi connectivity index (χ3n) is 7.96. The van der Waals surface area contributed by atoms with E-state index in [-0.39, 0.29) is 27.9 Å². The van der Waals surface area contributed by atoms with Crippen LogP contribution in [0.1, 0.15) is 76.6 Å².